The first-order chi connectivity index (χ1) is 11.1. The topological polar surface area (TPSA) is 97.6 Å². The van der Waals surface area contributed by atoms with Gasteiger partial charge < -0.3 is 10.6 Å². The van der Waals surface area contributed by atoms with Crippen LogP contribution in [0.5, 0.6) is 0 Å². The molecule has 0 radical (unpaired) electrons. The second-order valence-corrected chi connectivity index (χ2v) is 5.86. The maximum atomic E-state index is 12.1. The van der Waals surface area contributed by atoms with E-state index in [1.807, 2.05) is 20.0 Å². The molecule has 0 atom stereocenters. The Labute approximate surface area is 134 Å². The molecule has 1 aliphatic rings. The molecule has 1 amide bonds. The number of aromatic nitrogens is 5. The van der Waals surface area contributed by atoms with Gasteiger partial charge in [-0.05, 0) is 12.8 Å². The van der Waals surface area contributed by atoms with Crippen LogP contribution in [0.4, 0.5) is 5.82 Å². The average molecular weight is 315 g/mol. The highest BCUT2D eigenvalue weighted by atomic mass is 16.1. The van der Waals surface area contributed by atoms with E-state index in [1.54, 1.807) is 10.9 Å². The largest absolute Gasteiger partial charge is 0.370 e. The van der Waals surface area contributed by atoms with Gasteiger partial charge in [0.25, 0.3) is 5.91 Å². The smallest absolute Gasteiger partial charge is 0.270 e. The van der Waals surface area contributed by atoms with Gasteiger partial charge in [0.05, 0.1) is 6.20 Å². The van der Waals surface area contributed by atoms with E-state index in [2.05, 4.69) is 30.9 Å². The SMILES string of the molecule is CC(C)c1nc(NCCCn2ccnn2)c2c(n1)C(=O)NCC2. The molecular formula is C15H21N7O. The van der Waals surface area contributed by atoms with Gasteiger partial charge in [0.1, 0.15) is 17.3 Å². The lowest BCUT2D eigenvalue weighted by Gasteiger charge is -2.20. The van der Waals surface area contributed by atoms with Crippen LogP contribution in [0.15, 0.2) is 12.4 Å². The predicted octanol–water partition coefficient (Wildman–Crippen LogP) is 0.980. The summed E-state index contributed by atoms with van der Waals surface area (Å²) >= 11 is 0. The molecule has 0 aliphatic carbocycles. The molecule has 2 N–H and O–H groups in total. The van der Waals surface area contributed by atoms with Crippen molar-refractivity contribution >= 4 is 11.7 Å². The number of fused-ring (bicyclic) bond motifs is 1. The summed E-state index contributed by atoms with van der Waals surface area (Å²) in [5.41, 5.74) is 1.42. The van der Waals surface area contributed by atoms with E-state index < -0.39 is 0 Å². The Morgan fingerprint density at radius 1 is 1.39 bits per heavy atom. The molecule has 0 aromatic carbocycles. The van der Waals surface area contributed by atoms with Gasteiger partial charge in [0, 0.05) is 37.3 Å². The minimum atomic E-state index is -0.110. The molecule has 0 unspecified atom stereocenters. The Morgan fingerprint density at radius 3 is 3.00 bits per heavy atom. The molecule has 3 rings (SSSR count). The fourth-order valence-corrected chi connectivity index (χ4v) is 2.51. The van der Waals surface area contributed by atoms with Crippen LogP contribution >= 0.6 is 0 Å². The number of aryl methyl sites for hydroxylation is 1. The Hall–Kier alpha value is -2.51. The summed E-state index contributed by atoms with van der Waals surface area (Å²) in [6.07, 6.45) is 5.16. The number of nitrogens with one attached hydrogen (secondary N) is 2. The van der Waals surface area contributed by atoms with Gasteiger partial charge in [0.15, 0.2) is 0 Å². The monoisotopic (exact) mass is 315 g/mol. The Balaban J connectivity index is 1.73. The quantitative estimate of drug-likeness (QED) is 0.771. The standard InChI is InChI=1S/C15H21N7O/c1-10(2)13-19-12-11(4-6-17-15(12)23)14(20-13)16-5-3-8-22-9-7-18-21-22/h7,9-10H,3-6,8H2,1-2H3,(H,17,23)(H,16,19,20). The third kappa shape index (κ3) is 3.46. The number of carbonyl (C=O) groups excluding carboxylic acids is 1. The van der Waals surface area contributed by atoms with Crippen LogP contribution in [0.1, 0.15) is 48.1 Å². The lowest BCUT2D eigenvalue weighted by Crippen LogP contribution is -2.34. The predicted molar refractivity (Wildman–Crippen MR) is 85.3 cm³/mol. The summed E-state index contributed by atoms with van der Waals surface area (Å²) in [5.74, 6) is 1.54. The zero-order chi connectivity index (χ0) is 16.2. The third-order valence-corrected chi connectivity index (χ3v) is 3.74. The molecule has 0 saturated heterocycles. The molecule has 8 heteroatoms. The maximum Gasteiger partial charge on any atom is 0.270 e. The number of anilines is 1. The second-order valence-electron chi connectivity index (χ2n) is 5.86. The summed E-state index contributed by atoms with van der Waals surface area (Å²) in [4.78, 5) is 21.1. The molecule has 23 heavy (non-hydrogen) atoms. The normalized spacial score (nSPS) is 13.8. The van der Waals surface area contributed by atoms with Crippen molar-refractivity contribution in [1.82, 2.24) is 30.3 Å². The Morgan fingerprint density at radius 2 is 2.26 bits per heavy atom. The minimum Gasteiger partial charge on any atom is -0.370 e. The maximum absolute atomic E-state index is 12.1. The van der Waals surface area contributed by atoms with Crippen molar-refractivity contribution < 1.29 is 4.79 Å². The van der Waals surface area contributed by atoms with Crippen molar-refractivity contribution in [1.29, 1.82) is 0 Å². The number of nitrogens with zero attached hydrogens (tertiary/aromatic N) is 5. The first-order valence-corrected chi connectivity index (χ1v) is 7.92. The molecule has 0 spiro atoms. The highest BCUT2D eigenvalue weighted by Crippen LogP contribution is 2.23. The third-order valence-electron chi connectivity index (χ3n) is 3.74. The Bertz CT molecular complexity index is 681. The summed E-state index contributed by atoms with van der Waals surface area (Å²) in [6.45, 7) is 6.22. The van der Waals surface area contributed by atoms with E-state index in [0.29, 0.717) is 18.1 Å². The van der Waals surface area contributed by atoms with Crippen LogP contribution in [0, 0.1) is 0 Å². The zero-order valence-electron chi connectivity index (χ0n) is 13.4. The molecule has 0 bridgehead atoms. The van der Waals surface area contributed by atoms with Gasteiger partial charge in [-0.15, -0.1) is 5.10 Å². The molecule has 2 aromatic rings. The molecule has 3 heterocycles. The molecule has 1 aliphatic heterocycles. The van der Waals surface area contributed by atoms with E-state index in [9.17, 15) is 4.79 Å². The van der Waals surface area contributed by atoms with E-state index >= 15 is 0 Å². The summed E-state index contributed by atoms with van der Waals surface area (Å²) < 4.78 is 1.80. The van der Waals surface area contributed by atoms with Crippen LogP contribution in [-0.4, -0.2) is 44.0 Å². The number of rotatable bonds is 6. The number of hydrogen-bond acceptors (Lipinski definition) is 6. The molecule has 2 aromatic heterocycles. The molecule has 122 valence electrons. The van der Waals surface area contributed by atoms with Crippen molar-refractivity contribution in [2.45, 2.75) is 39.2 Å². The number of carbonyl (C=O) groups is 1. The van der Waals surface area contributed by atoms with Gasteiger partial charge in [-0.2, -0.15) is 0 Å². The van der Waals surface area contributed by atoms with Crippen molar-refractivity contribution in [3.05, 3.63) is 29.5 Å². The lowest BCUT2D eigenvalue weighted by atomic mass is 10.1. The van der Waals surface area contributed by atoms with E-state index in [4.69, 9.17) is 0 Å². The minimum absolute atomic E-state index is 0.110. The van der Waals surface area contributed by atoms with Gasteiger partial charge in [-0.25, -0.2) is 9.97 Å². The first-order valence-electron chi connectivity index (χ1n) is 7.92. The fraction of sp³-hybridized carbons (Fsp3) is 0.533. The van der Waals surface area contributed by atoms with E-state index in [0.717, 1.165) is 37.3 Å². The summed E-state index contributed by atoms with van der Waals surface area (Å²) in [6, 6.07) is 0. The van der Waals surface area contributed by atoms with E-state index in [-0.39, 0.29) is 11.8 Å². The van der Waals surface area contributed by atoms with Crippen LogP contribution in [0.25, 0.3) is 0 Å². The van der Waals surface area contributed by atoms with Crippen molar-refractivity contribution in [2.24, 2.45) is 0 Å². The Kier molecular flexibility index (Phi) is 4.50. The average Bonchev–Trinajstić information content (AvgIpc) is 3.05. The van der Waals surface area contributed by atoms with Crippen LogP contribution < -0.4 is 10.6 Å². The van der Waals surface area contributed by atoms with Gasteiger partial charge in [-0.3, -0.25) is 9.48 Å². The highest BCUT2D eigenvalue weighted by molar-refractivity contribution is 5.96. The second kappa shape index (κ2) is 6.72. The fourth-order valence-electron chi connectivity index (χ4n) is 2.51. The van der Waals surface area contributed by atoms with Crippen LogP contribution in [0.3, 0.4) is 0 Å². The number of amides is 1. The first kappa shape index (κ1) is 15.4. The molecular weight excluding hydrogens is 294 g/mol. The van der Waals surface area contributed by atoms with Crippen molar-refractivity contribution in [3.63, 3.8) is 0 Å². The molecule has 8 nitrogen and oxygen atoms in total. The zero-order valence-corrected chi connectivity index (χ0v) is 13.4. The molecule has 0 fully saturated rings. The summed E-state index contributed by atoms with van der Waals surface area (Å²) in [5, 5.41) is 13.9. The van der Waals surface area contributed by atoms with Crippen LogP contribution in [0.2, 0.25) is 0 Å². The van der Waals surface area contributed by atoms with Gasteiger partial charge in [-0.1, -0.05) is 19.1 Å². The lowest BCUT2D eigenvalue weighted by molar-refractivity contribution is 0.0940. The van der Waals surface area contributed by atoms with E-state index in [1.165, 1.54) is 0 Å². The van der Waals surface area contributed by atoms with Crippen molar-refractivity contribution in [3.8, 4) is 0 Å². The van der Waals surface area contributed by atoms with Gasteiger partial charge in [0.2, 0.25) is 0 Å². The van der Waals surface area contributed by atoms with Crippen molar-refractivity contribution in [2.75, 3.05) is 18.4 Å². The van der Waals surface area contributed by atoms with Crippen LogP contribution in [-0.2, 0) is 13.0 Å². The summed E-state index contributed by atoms with van der Waals surface area (Å²) in [7, 11) is 0. The number of hydrogen-bond donors (Lipinski definition) is 2. The molecule has 0 saturated carbocycles. The highest BCUT2D eigenvalue weighted by Gasteiger charge is 2.24. The van der Waals surface area contributed by atoms with Gasteiger partial charge >= 0.3 is 0 Å².